The minimum Gasteiger partial charge on any atom is -0.495 e. The SMILES string of the molecule is COc1ccc(C)cc1S(=O)(=O)N(CC(=O)Nc1cc(C)cc(C)c1)c1cc(C)cc(C)c1. The molecule has 1 amide bonds. The van der Waals surface area contributed by atoms with Gasteiger partial charge in [-0.1, -0.05) is 18.2 Å². The number of benzene rings is 3. The summed E-state index contributed by atoms with van der Waals surface area (Å²) >= 11 is 0. The van der Waals surface area contributed by atoms with E-state index in [2.05, 4.69) is 5.32 Å². The van der Waals surface area contributed by atoms with Gasteiger partial charge in [-0.3, -0.25) is 9.10 Å². The molecule has 0 saturated heterocycles. The number of rotatable bonds is 7. The summed E-state index contributed by atoms with van der Waals surface area (Å²) in [6.07, 6.45) is 0. The zero-order chi connectivity index (χ0) is 24.3. The van der Waals surface area contributed by atoms with Crippen molar-refractivity contribution in [3.8, 4) is 5.75 Å². The molecule has 0 aliphatic carbocycles. The maximum Gasteiger partial charge on any atom is 0.268 e. The van der Waals surface area contributed by atoms with Crippen LogP contribution in [0.1, 0.15) is 27.8 Å². The first kappa shape index (κ1) is 24.3. The van der Waals surface area contributed by atoms with Crippen molar-refractivity contribution in [2.75, 3.05) is 23.3 Å². The molecule has 0 radical (unpaired) electrons. The summed E-state index contributed by atoms with van der Waals surface area (Å²) < 4.78 is 34.2. The Balaban J connectivity index is 2.06. The van der Waals surface area contributed by atoms with E-state index in [0.29, 0.717) is 11.4 Å². The molecule has 7 heteroatoms. The Morgan fingerprint density at radius 2 is 1.36 bits per heavy atom. The van der Waals surface area contributed by atoms with Gasteiger partial charge in [0.2, 0.25) is 5.91 Å². The van der Waals surface area contributed by atoms with Crippen molar-refractivity contribution >= 4 is 27.3 Å². The highest BCUT2D eigenvalue weighted by molar-refractivity contribution is 7.93. The van der Waals surface area contributed by atoms with E-state index in [1.807, 2.05) is 58.9 Å². The van der Waals surface area contributed by atoms with Gasteiger partial charge in [0.1, 0.15) is 17.2 Å². The van der Waals surface area contributed by atoms with Crippen molar-refractivity contribution in [3.63, 3.8) is 0 Å². The molecule has 0 bridgehead atoms. The van der Waals surface area contributed by atoms with Gasteiger partial charge in [0.15, 0.2) is 0 Å². The topological polar surface area (TPSA) is 75.7 Å². The zero-order valence-corrected chi connectivity index (χ0v) is 20.7. The molecule has 0 aliphatic heterocycles. The first-order chi connectivity index (χ1) is 15.5. The van der Waals surface area contributed by atoms with Gasteiger partial charge in [0.25, 0.3) is 10.0 Å². The molecule has 33 heavy (non-hydrogen) atoms. The highest BCUT2D eigenvalue weighted by atomic mass is 32.2. The van der Waals surface area contributed by atoms with Crippen LogP contribution in [0.2, 0.25) is 0 Å². The number of sulfonamides is 1. The van der Waals surface area contributed by atoms with Gasteiger partial charge in [0.05, 0.1) is 12.8 Å². The molecular weight excluding hydrogens is 436 g/mol. The number of aryl methyl sites for hydroxylation is 5. The number of nitrogens with zero attached hydrogens (tertiary/aromatic N) is 1. The van der Waals surface area contributed by atoms with E-state index < -0.39 is 15.9 Å². The van der Waals surface area contributed by atoms with E-state index in [4.69, 9.17) is 4.74 Å². The first-order valence-electron chi connectivity index (χ1n) is 10.6. The van der Waals surface area contributed by atoms with Crippen LogP contribution in [-0.4, -0.2) is 28.0 Å². The predicted octanol–water partition coefficient (Wildman–Crippen LogP) is 5.07. The Kier molecular flexibility index (Phi) is 7.12. The summed E-state index contributed by atoms with van der Waals surface area (Å²) in [4.78, 5) is 13.1. The molecule has 0 unspecified atom stereocenters. The lowest BCUT2D eigenvalue weighted by molar-refractivity contribution is -0.114. The maximum absolute atomic E-state index is 13.8. The Morgan fingerprint density at radius 1 is 0.818 bits per heavy atom. The fraction of sp³-hybridized carbons (Fsp3) is 0.269. The van der Waals surface area contributed by atoms with E-state index in [1.54, 1.807) is 30.3 Å². The van der Waals surface area contributed by atoms with E-state index >= 15 is 0 Å². The lowest BCUT2D eigenvalue weighted by atomic mass is 10.1. The molecule has 0 heterocycles. The summed E-state index contributed by atoms with van der Waals surface area (Å²) in [6.45, 7) is 9.11. The lowest BCUT2D eigenvalue weighted by Gasteiger charge is -2.26. The summed E-state index contributed by atoms with van der Waals surface area (Å²) in [5, 5.41) is 2.84. The number of ether oxygens (including phenoxy) is 1. The van der Waals surface area contributed by atoms with Gasteiger partial charge < -0.3 is 10.1 Å². The number of carbonyl (C=O) groups is 1. The smallest absolute Gasteiger partial charge is 0.268 e. The summed E-state index contributed by atoms with van der Waals surface area (Å²) in [5.41, 5.74) is 5.64. The molecule has 174 valence electrons. The molecule has 6 nitrogen and oxygen atoms in total. The maximum atomic E-state index is 13.8. The average molecular weight is 467 g/mol. The van der Waals surface area contributed by atoms with Crippen LogP contribution >= 0.6 is 0 Å². The van der Waals surface area contributed by atoms with Crippen molar-refractivity contribution in [2.24, 2.45) is 0 Å². The number of carbonyl (C=O) groups excluding carboxylic acids is 1. The fourth-order valence-corrected chi connectivity index (χ4v) is 5.54. The molecule has 3 rings (SSSR count). The van der Waals surface area contributed by atoms with Gasteiger partial charge in [-0.25, -0.2) is 8.42 Å². The van der Waals surface area contributed by atoms with E-state index in [1.165, 1.54) is 7.11 Å². The summed E-state index contributed by atoms with van der Waals surface area (Å²) in [7, 11) is -2.68. The average Bonchev–Trinajstić information content (AvgIpc) is 2.70. The third kappa shape index (κ3) is 5.73. The van der Waals surface area contributed by atoms with Crippen LogP contribution in [0, 0.1) is 34.6 Å². The van der Waals surface area contributed by atoms with Crippen LogP contribution in [-0.2, 0) is 14.8 Å². The van der Waals surface area contributed by atoms with Crippen LogP contribution in [0.3, 0.4) is 0 Å². The molecule has 0 atom stereocenters. The Morgan fingerprint density at radius 3 is 1.91 bits per heavy atom. The lowest BCUT2D eigenvalue weighted by Crippen LogP contribution is -2.38. The molecule has 1 N–H and O–H groups in total. The number of anilines is 2. The largest absolute Gasteiger partial charge is 0.495 e. The van der Waals surface area contributed by atoms with E-state index in [0.717, 1.165) is 32.1 Å². The van der Waals surface area contributed by atoms with E-state index in [-0.39, 0.29) is 17.2 Å². The van der Waals surface area contributed by atoms with Crippen LogP contribution in [0.5, 0.6) is 5.75 Å². The quantitative estimate of drug-likeness (QED) is 0.527. The third-order valence-corrected chi connectivity index (χ3v) is 6.97. The highest BCUT2D eigenvalue weighted by Crippen LogP contribution is 2.32. The number of hydrogen-bond acceptors (Lipinski definition) is 4. The number of methoxy groups -OCH3 is 1. The Bertz CT molecular complexity index is 1260. The molecule has 0 aromatic heterocycles. The van der Waals surface area contributed by atoms with Gasteiger partial charge in [-0.15, -0.1) is 0 Å². The number of amides is 1. The third-order valence-electron chi connectivity index (χ3n) is 5.17. The van der Waals surface area contributed by atoms with Crippen LogP contribution in [0.4, 0.5) is 11.4 Å². The van der Waals surface area contributed by atoms with Gasteiger partial charge in [0, 0.05) is 5.69 Å². The Labute approximate surface area is 196 Å². The fourth-order valence-electron chi connectivity index (χ4n) is 3.89. The van der Waals surface area contributed by atoms with Gasteiger partial charge in [-0.2, -0.15) is 0 Å². The monoisotopic (exact) mass is 466 g/mol. The molecule has 0 spiro atoms. The molecular formula is C26H30N2O4S. The molecule has 0 saturated carbocycles. The van der Waals surface area contributed by atoms with Crippen molar-refractivity contribution < 1.29 is 17.9 Å². The van der Waals surface area contributed by atoms with Crippen molar-refractivity contribution in [1.82, 2.24) is 0 Å². The number of nitrogens with one attached hydrogen (secondary N) is 1. The highest BCUT2D eigenvalue weighted by Gasteiger charge is 2.30. The van der Waals surface area contributed by atoms with Crippen molar-refractivity contribution in [3.05, 3.63) is 82.4 Å². The molecule has 0 fully saturated rings. The van der Waals surface area contributed by atoms with Crippen molar-refractivity contribution in [2.45, 2.75) is 39.5 Å². The second-order valence-electron chi connectivity index (χ2n) is 8.44. The summed E-state index contributed by atoms with van der Waals surface area (Å²) in [6, 6.07) is 16.2. The zero-order valence-electron chi connectivity index (χ0n) is 19.9. The Hall–Kier alpha value is -3.32. The van der Waals surface area contributed by atoms with Crippen LogP contribution in [0.25, 0.3) is 0 Å². The van der Waals surface area contributed by atoms with E-state index in [9.17, 15) is 13.2 Å². The minimum atomic E-state index is -4.11. The van der Waals surface area contributed by atoms with Crippen molar-refractivity contribution in [1.29, 1.82) is 0 Å². The second kappa shape index (κ2) is 9.67. The number of hydrogen-bond donors (Lipinski definition) is 1. The van der Waals surface area contributed by atoms with Crippen LogP contribution in [0.15, 0.2) is 59.5 Å². The molecule has 0 aliphatic rings. The summed E-state index contributed by atoms with van der Waals surface area (Å²) in [5.74, 6) is -0.209. The van der Waals surface area contributed by atoms with Crippen LogP contribution < -0.4 is 14.4 Å². The normalized spacial score (nSPS) is 11.2. The minimum absolute atomic E-state index is 0.0170. The molecule has 3 aromatic carbocycles. The van der Waals surface area contributed by atoms with Gasteiger partial charge >= 0.3 is 0 Å². The predicted molar refractivity (Wildman–Crippen MR) is 133 cm³/mol. The first-order valence-corrected chi connectivity index (χ1v) is 12.1. The second-order valence-corrected chi connectivity index (χ2v) is 10.3. The standard InChI is InChI=1S/C26H30N2O4S/c1-17-7-8-24(32-6)25(15-17)33(30,31)28(23-13-20(4)10-21(5)14-23)16-26(29)27-22-11-18(2)9-19(3)12-22/h7-15H,16H2,1-6H3,(H,27,29). The van der Waals surface area contributed by atoms with Gasteiger partial charge in [-0.05, 0) is 98.8 Å². The molecule has 3 aromatic rings.